The summed E-state index contributed by atoms with van der Waals surface area (Å²) in [6.07, 6.45) is 10.8. The summed E-state index contributed by atoms with van der Waals surface area (Å²) in [7, 11) is 0. The number of rotatable bonds is 15. The van der Waals surface area contributed by atoms with Gasteiger partial charge < -0.3 is 10.6 Å². The van der Waals surface area contributed by atoms with Crippen molar-refractivity contribution < 1.29 is 24.0 Å². The maximum absolute atomic E-state index is 11.2. The van der Waals surface area contributed by atoms with Gasteiger partial charge in [0.05, 0.1) is 0 Å². The molecule has 0 heterocycles. The lowest BCUT2D eigenvalue weighted by Gasteiger charge is -2.19. The van der Waals surface area contributed by atoms with Gasteiger partial charge in [0.2, 0.25) is 0 Å². The number of benzene rings is 2. The number of para-hydroxylation sites is 1. The molecule has 2 aromatic rings. The molecule has 0 aromatic heterocycles. The zero-order chi connectivity index (χ0) is 43.7. The van der Waals surface area contributed by atoms with Gasteiger partial charge in [0.1, 0.15) is 23.1 Å². The van der Waals surface area contributed by atoms with E-state index in [1.165, 1.54) is 19.3 Å². The Labute approximate surface area is 341 Å². The van der Waals surface area contributed by atoms with Crippen molar-refractivity contribution in [3.8, 4) is 0 Å². The maximum atomic E-state index is 11.2. The molecule has 0 saturated heterocycles. The summed E-state index contributed by atoms with van der Waals surface area (Å²) in [6, 6.07) is 19.3. The molecule has 0 amide bonds. The van der Waals surface area contributed by atoms with Gasteiger partial charge in [0, 0.05) is 75.2 Å². The fraction of sp³-hybridized carbons (Fsp3) is 0.646. The minimum atomic E-state index is 0.209. The van der Waals surface area contributed by atoms with Crippen LogP contribution >= 0.6 is 0 Å². The first-order valence-electron chi connectivity index (χ1n) is 21.7. The quantitative estimate of drug-likeness (QED) is 0.137. The smallest absolute Gasteiger partial charge is 0.162 e. The van der Waals surface area contributed by atoms with Crippen LogP contribution < -0.4 is 10.6 Å². The molecule has 0 atom stereocenters. The summed E-state index contributed by atoms with van der Waals surface area (Å²) in [5.74, 6) is 2.03. The van der Waals surface area contributed by atoms with Crippen LogP contribution in [0.3, 0.4) is 0 Å². The van der Waals surface area contributed by atoms with Crippen molar-refractivity contribution >= 4 is 34.6 Å². The van der Waals surface area contributed by atoms with Crippen molar-refractivity contribution in [3.05, 3.63) is 66.2 Å². The second kappa shape index (κ2) is 54.9. The van der Waals surface area contributed by atoms with E-state index in [4.69, 9.17) is 0 Å². The number of hydrogen-bond acceptors (Lipinski definition) is 7. The number of hydrogen-bond donors (Lipinski definition) is 2. The number of nitrogens with one attached hydrogen (secondary N) is 2. The Morgan fingerprint density at radius 1 is 0.545 bits per heavy atom. The average molecular weight is 773 g/mol. The second-order valence-corrected chi connectivity index (χ2v) is 11.3. The molecule has 0 aliphatic heterocycles. The highest BCUT2D eigenvalue weighted by Crippen LogP contribution is 2.24. The van der Waals surface area contributed by atoms with Crippen LogP contribution in [0.4, 0.5) is 5.69 Å². The van der Waals surface area contributed by atoms with E-state index >= 15 is 0 Å². The predicted octanol–water partition coefficient (Wildman–Crippen LogP) is 13.3. The minimum absolute atomic E-state index is 0.209. The Bertz CT molecular complexity index is 1080. The lowest BCUT2D eigenvalue weighted by molar-refractivity contribution is -0.123. The number of carbonyl (C=O) groups is 5. The normalized spacial score (nSPS) is 10.5. The summed E-state index contributed by atoms with van der Waals surface area (Å²) >= 11 is 0. The maximum Gasteiger partial charge on any atom is 0.162 e. The van der Waals surface area contributed by atoms with E-state index in [0.717, 1.165) is 50.1 Å². The van der Waals surface area contributed by atoms with E-state index in [2.05, 4.69) is 10.6 Å². The van der Waals surface area contributed by atoms with Crippen molar-refractivity contribution in [2.45, 2.75) is 181 Å². The van der Waals surface area contributed by atoms with Gasteiger partial charge in [-0.05, 0) is 38.4 Å². The van der Waals surface area contributed by atoms with Gasteiger partial charge in [0.25, 0.3) is 0 Å². The Morgan fingerprint density at radius 3 is 1.36 bits per heavy atom. The van der Waals surface area contributed by atoms with E-state index in [9.17, 15) is 24.0 Å². The van der Waals surface area contributed by atoms with E-state index < -0.39 is 0 Å². The third kappa shape index (κ3) is 48.5. The Kier molecular flexibility index (Phi) is 63.4. The molecule has 2 aromatic carbocycles. The molecule has 0 bridgehead atoms. The van der Waals surface area contributed by atoms with Crippen LogP contribution in [0.25, 0.3) is 0 Å². The Hall–Kier alpha value is -3.45. The van der Waals surface area contributed by atoms with Crippen LogP contribution in [0.15, 0.2) is 60.7 Å². The van der Waals surface area contributed by atoms with Crippen LogP contribution in [0.5, 0.6) is 0 Å². The molecule has 0 unspecified atom stereocenters. The van der Waals surface area contributed by atoms with Crippen LogP contribution in [0.1, 0.15) is 191 Å². The highest BCUT2D eigenvalue weighted by molar-refractivity contribution is 5.95. The van der Waals surface area contributed by atoms with Crippen molar-refractivity contribution in [2.75, 3.05) is 25.0 Å². The molecule has 0 spiro atoms. The number of carbonyl (C=O) groups excluding carboxylic acids is 5. The molecule has 55 heavy (non-hydrogen) atoms. The number of Topliss-reactive ketones (excluding diaryl/α,β-unsaturated/α-hetero) is 5. The fourth-order valence-corrected chi connectivity index (χ4v) is 4.31. The molecule has 7 heteroatoms. The summed E-state index contributed by atoms with van der Waals surface area (Å²) in [5, 5.41) is 6.25. The average Bonchev–Trinajstić information content (AvgIpc) is 3.27. The second-order valence-electron chi connectivity index (χ2n) is 11.3. The molecule has 1 aliphatic carbocycles. The molecule has 7 nitrogen and oxygen atoms in total. The Morgan fingerprint density at radius 2 is 1.00 bits per heavy atom. The van der Waals surface area contributed by atoms with Crippen molar-refractivity contribution in [3.63, 3.8) is 0 Å². The summed E-state index contributed by atoms with van der Waals surface area (Å²) in [4.78, 5) is 53.6. The predicted molar refractivity (Wildman–Crippen MR) is 243 cm³/mol. The molecule has 1 fully saturated rings. The van der Waals surface area contributed by atoms with E-state index in [1.54, 1.807) is 6.92 Å². The van der Waals surface area contributed by atoms with Crippen LogP contribution in [-0.4, -0.2) is 48.6 Å². The first-order chi connectivity index (χ1) is 26.6. The third-order valence-corrected chi connectivity index (χ3v) is 7.42. The van der Waals surface area contributed by atoms with Crippen molar-refractivity contribution in [1.29, 1.82) is 0 Å². The lowest BCUT2D eigenvalue weighted by Crippen LogP contribution is -2.16. The Balaban J connectivity index is -0.000000132. The highest BCUT2D eigenvalue weighted by Gasteiger charge is 2.18. The molecule has 0 radical (unpaired) electrons. The largest absolute Gasteiger partial charge is 0.385 e. The van der Waals surface area contributed by atoms with Gasteiger partial charge in [0.15, 0.2) is 5.78 Å². The van der Waals surface area contributed by atoms with Crippen LogP contribution in [0.2, 0.25) is 0 Å². The van der Waals surface area contributed by atoms with Crippen molar-refractivity contribution in [2.24, 2.45) is 5.92 Å². The van der Waals surface area contributed by atoms with Crippen LogP contribution in [0, 0.1) is 5.92 Å². The molecule has 1 saturated carbocycles. The zero-order valence-corrected chi connectivity index (χ0v) is 38.5. The monoisotopic (exact) mass is 773 g/mol. The number of ketones is 5. The molecular weight excluding hydrogens is 685 g/mol. The van der Waals surface area contributed by atoms with Gasteiger partial charge in [-0.25, -0.2) is 0 Å². The first-order valence-corrected chi connectivity index (χ1v) is 21.7. The fourth-order valence-electron chi connectivity index (χ4n) is 4.31. The zero-order valence-electron chi connectivity index (χ0n) is 38.5. The van der Waals surface area contributed by atoms with E-state index in [1.807, 2.05) is 158 Å². The van der Waals surface area contributed by atoms with Gasteiger partial charge in [-0.15, -0.1) is 0 Å². The van der Waals surface area contributed by atoms with Gasteiger partial charge in [-0.3, -0.25) is 24.0 Å². The van der Waals surface area contributed by atoms with Crippen LogP contribution in [-0.2, 0) is 19.2 Å². The van der Waals surface area contributed by atoms with Crippen molar-refractivity contribution in [1.82, 2.24) is 5.32 Å². The molecule has 2 N–H and O–H groups in total. The SMILES string of the molecule is CC.CC.CC.CC.CCC(=O)C1CCCCC1.CCC(=O)CC.CCC(=O)CCNc1ccccc1.CCC(=O)c1ccccc1.CCNCCC(C)=O. The molecule has 1 aliphatic rings. The van der Waals surface area contributed by atoms with Gasteiger partial charge in [-0.2, -0.15) is 0 Å². The lowest BCUT2D eigenvalue weighted by atomic mass is 9.85. The van der Waals surface area contributed by atoms with Gasteiger partial charge >= 0.3 is 0 Å². The summed E-state index contributed by atoms with van der Waals surface area (Å²) in [6.45, 7) is 31.6. The summed E-state index contributed by atoms with van der Waals surface area (Å²) < 4.78 is 0. The molecule has 320 valence electrons. The van der Waals surface area contributed by atoms with Gasteiger partial charge in [-0.1, -0.05) is 165 Å². The van der Waals surface area contributed by atoms with E-state index in [-0.39, 0.29) is 11.6 Å². The topological polar surface area (TPSA) is 109 Å². The third-order valence-electron chi connectivity index (χ3n) is 7.42. The highest BCUT2D eigenvalue weighted by atomic mass is 16.1. The molecular formula is C48H88N2O5. The first kappa shape index (κ1) is 63.5. The number of anilines is 1. The minimum Gasteiger partial charge on any atom is -0.385 e. The summed E-state index contributed by atoms with van der Waals surface area (Å²) in [5.41, 5.74) is 1.89. The molecule has 3 rings (SSSR count). The standard InChI is InChI=1S/C11H15NO.C9H16O.C9H10O.C6H13NO.C5H10O.4C2H6/c1-2-11(13)8-9-12-10-6-4-3-5-7-10;2*1-2-9(10)8-6-4-3-5-7-8;1-3-7-5-4-6(2)8;1-3-5(6)4-2;4*1-2/h3-7,12H,2,8-9H2,1H3;8H,2-7H2,1H3;3-7H,2H2,1H3;7H,3-5H2,1-2H3;3-4H2,1-2H3;4*1-2H3. The van der Waals surface area contributed by atoms with E-state index in [0.29, 0.717) is 61.8 Å².